The third-order valence-corrected chi connectivity index (χ3v) is 2.74. The number of rotatable bonds is 2. The van der Waals surface area contributed by atoms with E-state index >= 15 is 0 Å². The van der Waals surface area contributed by atoms with Gasteiger partial charge < -0.3 is 9.80 Å². The average molecular weight is 215 g/mol. The normalized spacial score (nSPS) is 11.4. The molecule has 0 saturated carbocycles. The maximum absolute atomic E-state index is 8.00. The Balaban J connectivity index is 2.89. The van der Waals surface area contributed by atoms with E-state index in [1.165, 1.54) is 0 Å². The summed E-state index contributed by atoms with van der Waals surface area (Å²) < 4.78 is 8.00. The van der Waals surface area contributed by atoms with E-state index in [1.807, 2.05) is 52.5 Å². The molecule has 0 saturated heterocycles. The van der Waals surface area contributed by atoms with Crippen LogP contribution in [0.25, 0.3) is 10.8 Å². The van der Waals surface area contributed by atoms with Gasteiger partial charge in [-0.3, -0.25) is 0 Å². The fraction of sp³-hybridized carbons (Fsp3) is 0.286. The van der Waals surface area contributed by atoms with Crippen LogP contribution in [-0.2, 0) is 0 Å². The number of benzene rings is 2. The Kier molecular flexibility index (Phi) is 2.41. The van der Waals surface area contributed by atoms with Gasteiger partial charge in [0.1, 0.15) is 0 Å². The highest BCUT2D eigenvalue weighted by Gasteiger charge is 2.08. The van der Waals surface area contributed by atoms with E-state index in [-0.39, 0.29) is 0 Å². The lowest BCUT2D eigenvalue weighted by molar-refractivity contribution is 1.12. The zero-order chi connectivity index (χ0) is 12.6. The molecule has 2 heteroatoms. The Morgan fingerprint density at radius 3 is 2.00 bits per heavy atom. The zero-order valence-electron chi connectivity index (χ0n) is 11.3. The molecule has 0 aliphatic carbocycles. The molecule has 0 radical (unpaired) electrons. The first-order valence-corrected chi connectivity index (χ1v) is 5.39. The van der Waals surface area contributed by atoms with Gasteiger partial charge in [-0.15, -0.1) is 0 Å². The van der Waals surface area contributed by atoms with Gasteiger partial charge in [0, 0.05) is 45.0 Å². The van der Waals surface area contributed by atoms with Gasteiger partial charge in [0.25, 0.3) is 0 Å². The first-order valence-electron chi connectivity index (χ1n) is 5.89. The molecular weight excluding hydrogens is 196 g/mol. The smallest absolute Gasteiger partial charge is 0.0629 e. The molecule has 0 heterocycles. The second-order valence-electron chi connectivity index (χ2n) is 4.35. The van der Waals surface area contributed by atoms with Gasteiger partial charge >= 0.3 is 0 Å². The van der Waals surface area contributed by atoms with Crippen molar-refractivity contribution < 1.29 is 1.37 Å². The Morgan fingerprint density at radius 1 is 0.875 bits per heavy atom. The maximum Gasteiger partial charge on any atom is 0.0629 e. The van der Waals surface area contributed by atoms with Gasteiger partial charge in [-0.25, -0.2) is 0 Å². The van der Waals surface area contributed by atoms with Gasteiger partial charge in [0.15, 0.2) is 0 Å². The van der Waals surface area contributed by atoms with E-state index in [2.05, 4.69) is 15.9 Å². The molecule has 2 rings (SSSR count). The minimum atomic E-state index is 0.578. The maximum atomic E-state index is 8.00. The molecule has 0 aliphatic heterocycles. The SMILES string of the molecule is [2H]c1ccc(N(C)C)c2c(N(C)C)cccc12. The highest BCUT2D eigenvalue weighted by Crippen LogP contribution is 2.33. The molecule has 0 N–H and O–H groups in total. The van der Waals surface area contributed by atoms with Gasteiger partial charge in [-0.1, -0.05) is 24.2 Å². The van der Waals surface area contributed by atoms with E-state index in [4.69, 9.17) is 1.37 Å². The van der Waals surface area contributed by atoms with E-state index in [1.54, 1.807) is 0 Å². The summed E-state index contributed by atoms with van der Waals surface area (Å²) in [4.78, 5) is 4.18. The largest absolute Gasteiger partial charge is 0.377 e. The molecule has 0 aliphatic rings. The predicted octanol–water partition coefficient (Wildman–Crippen LogP) is 2.97. The summed E-state index contributed by atoms with van der Waals surface area (Å²) in [6, 6.07) is 10.6. The van der Waals surface area contributed by atoms with Crippen LogP contribution in [0.5, 0.6) is 0 Å². The van der Waals surface area contributed by atoms with Crippen LogP contribution < -0.4 is 9.80 Å². The first-order chi connectivity index (χ1) is 8.02. The van der Waals surface area contributed by atoms with Crippen LogP contribution in [-0.4, -0.2) is 28.2 Å². The molecule has 0 atom stereocenters. The van der Waals surface area contributed by atoms with Crippen molar-refractivity contribution in [3.05, 3.63) is 36.4 Å². The van der Waals surface area contributed by atoms with E-state index in [9.17, 15) is 0 Å². The van der Waals surface area contributed by atoms with E-state index in [0.717, 1.165) is 22.1 Å². The number of anilines is 2. The molecule has 0 fully saturated rings. The lowest BCUT2D eigenvalue weighted by atomic mass is 10.1. The summed E-state index contributed by atoms with van der Waals surface area (Å²) in [5.74, 6) is 0. The summed E-state index contributed by atoms with van der Waals surface area (Å²) in [5, 5.41) is 2.15. The highest BCUT2D eigenvalue weighted by atomic mass is 15.1. The third kappa shape index (κ3) is 1.71. The van der Waals surface area contributed by atoms with Crippen LogP contribution in [0.4, 0.5) is 11.4 Å². The Bertz CT molecular complexity index is 533. The molecule has 0 aromatic heterocycles. The molecule has 16 heavy (non-hydrogen) atoms. The van der Waals surface area contributed by atoms with Crippen LogP contribution >= 0.6 is 0 Å². The van der Waals surface area contributed by atoms with Gasteiger partial charge in [-0.05, 0) is 17.5 Å². The summed E-state index contributed by atoms with van der Waals surface area (Å²) in [7, 11) is 8.13. The van der Waals surface area contributed by atoms with Crippen molar-refractivity contribution in [2.75, 3.05) is 38.0 Å². The van der Waals surface area contributed by atoms with Crippen LogP contribution in [0.3, 0.4) is 0 Å². The van der Waals surface area contributed by atoms with Gasteiger partial charge in [-0.2, -0.15) is 0 Å². The lowest BCUT2D eigenvalue weighted by Crippen LogP contribution is -2.13. The number of hydrogen-bond donors (Lipinski definition) is 0. The van der Waals surface area contributed by atoms with Crippen molar-refractivity contribution in [1.29, 1.82) is 0 Å². The lowest BCUT2D eigenvalue weighted by Gasteiger charge is -2.21. The highest BCUT2D eigenvalue weighted by molar-refractivity contribution is 6.03. The van der Waals surface area contributed by atoms with Crippen LogP contribution in [0.1, 0.15) is 1.37 Å². The first kappa shape index (κ1) is 9.52. The zero-order valence-corrected chi connectivity index (χ0v) is 10.3. The van der Waals surface area contributed by atoms with Crippen LogP contribution in [0, 0.1) is 0 Å². The Morgan fingerprint density at radius 2 is 1.44 bits per heavy atom. The second-order valence-corrected chi connectivity index (χ2v) is 4.35. The van der Waals surface area contributed by atoms with Crippen molar-refractivity contribution in [2.24, 2.45) is 0 Å². The quantitative estimate of drug-likeness (QED) is 0.760. The summed E-state index contributed by atoms with van der Waals surface area (Å²) in [5.41, 5.74) is 2.31. The van der Waals surface area contributed by atoms with E-state index < -0.39 is 0 Å². The average Bonchev–Trinajstić information content (AvgIpc) is 2.28. The van der Waals surface area contributed by atoms with Crippen molar-refractivity contribution >= 4 is 22.1 Å². The number of fused-ring (bicyclic) bond motifs is 1. The molecule has 2 aromatic rings. The minimum Gasteiger partial charge on any atom is -0.377 e. The fourth-order valence-corrected chi connectivity index (χ4v) is 1.97. The minimum absolute atomic E-state index is 0.578. The van der Waals surface area contributed by atoms with Gasteiger partial charge in [0.2, 0.25) is 0 Å². The molecule has 2 nitrogen and oxygen atoms in total. The molecule has 0 amide bonds. The standard InChI is InChI=1S/C14H18N2/c1-15(2)12-9-5-7-11-8-6-10-13(14(11)12)16(3)4/h5-10H,1-4H3/i7D. The van der Waals surface area contributed by atoms with Crippen LogP contribution in [0.15, 0.2) is 36.4 Å². The third-order valence-electron chi connectivity index (χ3n) is 2.74. The molecule has 0 spiro atoms. The Labute approximate surface area is 98.5 Å². The summed E-state index contributed by atoms with van der Waals surface area (Å²) in [6.45, 7) is 0. The molecule has 84 valence electrons. The van der Waals surface area contributed by atoms with Crippen LogP contribution in [0.2, 0.25) is 0 Å². The van der Waals surface area contributed by atoms with Crippen molar-refractivity contribution in [3.63, 3.8) is 0 Å². The van der Waals surface area contributed by atoms with Crippen molar-refractivity contribution in [1.82, 2.24) is 0 Å². The van der Waals surface area contributed by atoms with Gasteiger partial charge in [0.05, 0.1) is 1.37 Å². The van der Waals surface area contributed by atoms with Crippen molar-refractivity contribution in [2.45, 2.75) is 0 Å². The predicted molar refractivity (Wildman–Crippen MR) is 72.6 cm³/mol. The van der Waals surface area contributed by atoms with Crippen molar-refractivity contribution in [3.8, 4) is 0 Å². The molecule has 0 bridgehead atoms. The topological polar surface area (TPSA) is 6.48 Å². The monoisotopic (exact) mass is 215 g/mol. The number of hydrogen-bond acceptors (Lipinski definition) is 2. The molecule has 0 unspecified atom stereocenters. The molecule has 2 aromatic carbocycles. The fourth-order valence-electron chi connectivity index (χ4n) is 1.97. The molecular formula is C14H18N2. The van der Waals surface area contributed by atoms with E-state index in [0.29, 0.717) is 6.04 Å². The second kappa shape index (κ2) is 4.05. The Hall–Kier alpha value is -1.70. The summed E-state index contributed by atoms with van der Waals surface area (Å²) in [6.07, 6.45) is 0. The summed E-state index contributed by atoms with van der Waals surface area (Å²) >= 11 is 0. The number of nitrogens with zero attached hydrogens (tertiary/aromatic N) is 2.